The number of aliphatic hydroxyl groups excluding tert-OH is 1. The molecule has 2 heterocycles. The van der Waals surface area contributed by atoms with Crippen molar-refractivity contribution in [3.63, 3.8) is 0 Å². The SMILES string of the molecule is O=C(NCc1ccc(N2CCC(O)CC2)c(F)c1)c1ccon1. The molecule has 3 rings (SSSR count). The van der Waals surface area contributed by atoms with Crippen molar-refractivity contribution in [3.8, 4) is 0 Å². The average Bonchev–Trinajstić information content (AvgIpc) is 3.08. The molecule has 0 unspecified atom stereocenters. The third-order valence-corrected chi connectivity index (χ3v) is 3.94. The number of piperidine rings is 1. The number of halogens is 1. The summed E-state index contributed by atoms with van der Waals surface area (Å²) in [4.78, 5) is 13.7. The molecule has 1 amide bonds. The minimum atomic E-state index is -0.367. The first-order valence-corrected chi connectivity index (χ1v) is 7.53. The zero-order valence-corrected chi connectivity index (χ0v) is 12.5. The largest absolute Gasteiger partial charge is 0.393 e. The molecule has 23 heavy (non-hydrogen) atoms. The number of anilines is 1. The highest BCUT2D eigenvalue weighted by molar-refractivity contribution is 5.91. The molecule has 0 radical (unpaired) electrons. The third kappa shape index (κ3) is 3.68. The number of carbonyl (C=O) groups is 1. The fourth-order valence-corrected chi connectivity index (χ4v) is 2.63. The molecule has 122 valence electrons. The van der Waals surface area contributed by atoms with E-state index in [0.29, 0.717) is 37.2 Å². The summed E-state index contributed by atoms with van der Waals surface area (Å²) in [6.45, 7) is 1.49. The van der Waals surface area contributed by atoms with Gasteiger partial charge in [-0.3, -0.25) is 4.79 Å². The summed E-state index contributed by atoms with van der Waals surface area (Å²) < 4.78 is 18.9. The van der Waals surface area contributed by atoms with E-state index in [9.17, 15) is 14.3 Å². The summed E-state index contributed by atoms with van der Waals surface area (Å²) in [5.41, 5.74) is 1.39. The first-order chi connectivity index (χ1) is 11.1. The van der Waals surface area contributed by atoms with Gasteiger partial charge < -0.3 is 19.8 Å². The van der Waals surface area contributed by atoms with Crippen molar-refractivity contribution in [2.24, 2.45) is 0 Å². The second-order valence-electron chi connectivity index (χ2n) is 5.57. The van der Waals surface area contributed by atoms with E-state index in [0.717, 1.165) is 0 Å². The zero-order chi connectivity index (χ0) is 16.2. The lowest BCUT2D eigenvalue weighted by Crippen LogP contribution is -2.36. The third-order valence-electron chi connectivity index (χ3n) is 3.94. The van der Waals surface area contributed by atoms with E-state index in [4.69, 9.17) is 0 Å². The first-order valence-electron chi connectivity index (χ1n) is 7.53. The van der Waals surface area contributed by atoms with Crippen LogP contribution in [0.25, 0.3) is 0 Å². The standard InChI is InChI=1S/C16H18FN3O3/c17-13-9-11(10-18-16(22)14-5-8-23-19-14)1-2-15(13)20-6-3-12(21)4-7-20/h1-2,5,8-9,12,21H,3-4,6-7,10H2,(H,18,22). The van der Waals surface area contributed by atoms with E-state index in [1.165, 1.54) is 18.4 Å². The Morgan fingerprint density at radius 1 is 1.39 bits per heavy atom. The summed E-state index contributed by atoms with van der Waals surface area (Å²) in [6, 6.07) is 6.38. The van der Waals surface area contributed by atoms with Crippen LogP contribution in [0, 0.1) is 5.82 Å². The van der Waals surface area contributed by atoms with Gasteiger partial charge in [0, 0.05) is 25.7 Å². The van der Waals surface area contributed by atoms with E-state index < -0.39 is 0 Å². The van der Waals surface area contributed by atoms with E-state index >= 15 is 0 Å². The second kappa shape index (κ2) is 6.78. The maximum absolute atomic E-state index is 14.3. The molecule has 1 fully saturated rings. The van der Waals surface area contributed by atoms with E-state index in [1.54, 1.807) is 12.1 Å². The van der Waals surface area contributed by atoms with Gasteiger partial charge >= 0.3 is 0 Å². The maximum Gasteiger partial charge on any atom is 0.273 e. The van der Waals surface area contributed by atoms with Crippen molar-refractivity contribution in [3.05, 3.63) is 47.6 Å². The molecular weight excluding hydrogens is 301 g/mol. The van der Waals surface area contributed by atoms with Gasteiger partial charge in [-0.1, -0.05) is 11.2 Å². The van der Waals surface area contributed by atoms with Gasteiger partial charge in [0.15, 0.2) is 5.69 Å². The summed E-state index contributed by atoms with van der Waals surface area (Å²) in [6.07, 6.45) is 2.32. The molecule has 1 aromatic carbocycles. The predicted molar refractivity (Wildman–Crippen MR) is 81.5 cm³/mol. The summed E-state index contributed by atoms with van der Waals surface area (Å²) in [7, 11) is 0. The van der Waals surface area contributed by atoms with Gasteiger partial charge in [0.25, 0.3) is 5.91 Å². The van der Waals surface area contributed by atoms with E-state index in [2.05, 4.69) is 15.0 Å². The van der Waals surface area contributed by atoms with Crippen molar-refractivity contribution >= 4 is 11.6 Å². The van der Waals surface area contributed by atoms with Crippen LogP contribution in [0.4, 0.5) is 10.1 Å². The molecule has 2 aromatic rings. The van der Waals surface area contributed by atoms with E-state index in [1.807, 2.05) is 4.90 Å². The zero-order valence-electron chi connectivity index (χ0n) is 12.5. The Bertz CT molecular complexity index is 667. The van der Waals surface area contributed by atoms with Crippen LogP contribution in [0.3, 0.4) is 0 Å². The summed E-state index contributed by atoms with van der Waals surface area (Å²) in [5.74, 6) is -0.692. The highest BCUT2D eigenvalue weighted by Crippen LogP contribution is 2.24. The second-order valence-corrected chi connectivity index (χ2v) is 5.57. The highest BCUT2D eigenvalue weighted by Gasteiger charge is 2.19. The molecule has 0 bridgehead atoms. The molecule has 1 aliphatic rings. The fourth-order valence-electron chi connectivity index (χ4n) is 2.63. The molecule has 7 heteroatoms. The Kier molecular flexibility index (Phi) is 4.57. The Morgan fingerprint density at radius 2 is 2.17 bits per heavy atom. The minimum Gasteiger partial charge on any atom is -0.393 e. The monoisotopic (exact) mass is 319 g/mol. The molecule has 2 N–H and O–H groups in total. The van der Waals surface area contributed by atoms with Crippen LogP contribution in [-0.4, -0.2) is 35.4 Å². The Labute approximate surface area is 132 Å². The lowest BCUT2D eigenvalue weighted by Gasteiger charge is -2.31. The number of amides is 1. The average molecular weight is 319 g/mol. The number of aliphatic hydroxyl groups is 1. The maximum atomic E-state index is 14.3. The first kappa shape index (κ1) is 15.5. The van der Waals surface area contributed by atoms with Crippen LogP contribution in [-0.2, 0) is 6.54 Å². The molecule has 1 saturated heterocycles. The quantitative estimate of drug-likeness (QED) is 0.897. The smallest absolute Gasteiger partial charge is 0.273 e. The summed E-state index contributed by atoms with van der Waals surface area (Å²) >= 11 is 0. The Morgan fingerprint density at radius 3 is 2.83 bits per heavy atom. The van der Waals surface area contributed by atoms with Crippen LogP contribution < -0.4 is 10.2 Å². The number of nitrogens with one attached hydrogen (secondary N) is 1. The Balaban J connectivity index is 1.61. The van der Waals surface area contributed by atoms with Gasteiger partial charge in [-0.25, -0.2) is 4.39 Å². The molecule has 0 spiro atoms. The highest BCUT2D eigenvalue weighted by atomic mass is 19.1. The van der Waals surface area contributed by atoms with Crippen LogP contribution in [0.15, 0.2) is 35.1 Å². The van der Waals surface area contributed by atoms with Crippen LogP contribution in [0.5, 0.6) is 0 Å². The minimum absolute atomic E-state index is 0.189. The molecule has 0 atom stereocenters. The number of nitrogens with zero attached hydrogens (tertiary/aromatic N) is 2. The number of hydrogen-bond acceptors (Lipinski definition) is 5. The number of rotatable bonds is 4. The molecule has 1 aromatic heterocycles. The van der Waals surface area contributed by atoms with Crippen molar-refractivity contribution in [1.29, 1.82) is 0 Å². The molecule has 6 nitrogen and oxygen atoms in total. The fraction of sp³-hybridized carbons (Fsp3) is 0.375. The number of benzene rings is 1. The molecule has 1 aliphatic heterocycles. The van der Waals surface area contributed by atoms with Gasteiger partial charge in [-0.15, -0.1) is 0 Å². The molecular formula is C16H18FN3O3. The van der Waals surface area contributed by atoms with Gasteiger partial charge in [0.1, 0.15) is 12.1 Å². The van der Waals surface area contributed by atoms with Crippen molar-refractivity contribution < 1.29 is 18.8 Å². The number of carbonyl (C=O) groups excluding carboxylic acids is 1. The van der Waals surface area contributed by atoms with Gasteiger partial charge in [-0.2, -0.15) is 0 Å². The van der Waals surface area contributed by atoms with Crippen molar-refractivity contribution in [2.45, 2.75) is 25.5 Å². The van der Waals surface area contributed by atoms with Crippen LogP contribution >= 0.6 is 0 Å². The van der Waals surface area contributed by atoms with Gasteiger partial charge in [-0.05, 0) is 30.5 Å². The van der Waals surface area contributed by atoms with Crippen molar-refractivity contribution in [2.75, 3.05) is 18.0 Å². The lowest BCUT2D eigenvalue weighted by atomic mass is 10.1. The molecule has 0 aliphatic carbocycles. The van der Waals surface area contributed by atoms with Crippen LogP contribution in [0.1, 0.15) is 28.9 Å². The molecule has 0 saturated carbocycles. The summed E-state index contributed by atoms with van der Waals surface area (Å²) in [5, 5.41) is 15.7. The number of hydrogen-bond donors (Lipinski definition) is 2. The topological polar surface area (TPSA) is 78.6 Å². The van der Waals surface area contributed by atoms with Gasteiger partial charge in [0.05, 0.1) is 11.8 Å². The number of aromatic nitrogens is 1. The Hall–Kier alpha value is -2.41. The van der Waals surface area contributed by atoms with Crippen molar-refractivity contribution in [1.82, 2.24) is 10.5 Å². The van der Waals surface area contributed by atoms with E-state index in [-0.39, 0.29) is 30.1 Å². The normalized spacial score (nSPS) is 15.7. The van der Waals surface area contributed by atoms with Crippen LogP contribution in [0.2, 0.25) is 0 Å². The lowest BCUT2D eigenvalue weighted by molar-refractivity contribution is 0.0941. The predicted octanol–water partition coefficient (Wildman–Crippen LogP) is 1.70. The van der Waals surface area contributed by atoms with Gasteiger partial charge in [0.2, 0.25) is 0 Å².